The Morgan fingerprint density at radius 3 is 2.20 bits per heavy atom. The fourth-order valence-corrected chi connectivity index (χ4v) is 1.95. The van der Waals surface area contributed by atoms with Gasteiger partial charge in [0.25, 0.3) is 0 Å². The van der Waals surface area contributed by atoms with E-state index in [-0.39, 0.29) is 23.9 Å². The summed E-state index contributed by atoms with van der Waals surface area (Å²) in [6.07, 6.45) is 1.93. The average Bonchev–Trinajstić information content (AvgIpc) is 2.18. The zero-order valence-corrected chi connectivity index (χ0v) is 10.5. The lowest BCUT2D eigenvalue weighted by molar-refractivity contribution is -0.142. The highest BCUT2D eigenvalue weighted by Gasteiger charge is 2.23. The second-order valence-corrected chi connectivity index (χ2v) is 4.90. The summed E-state index contributed by atoms with van der Waals surface area (Å²) in [6.45, 7) is 5.59. The summed E-state index contributed by atoms with van der Waals surface area (Å²) in [5.74, 6) is -1.22. The number of aliphatic hydroxyl groups excluding tert-OH is 1. The summed E-state index contributed by atoms with van der Waals surface area (Å²) in [5, 5.41) is 21.2. The molecule has 0 fully saturated rings. The van der Waals surface area contributed by atoms with Gasteiger partial charge in [-0.1, -0.05) is 6.92 Å². The summed E-state index contributed by atoms with van der Waals surface area (Å²) in [6, 6.07) is 0.000463. The Kier molecular flexibility index (Phi) is 6.96. The lowest BCUT2D eigenvalue weighted by Crippen LogP contribution is -2.46. The van der Waals surface area contributed by atoms with Crippen molar-refractivity contribution >= 4 is 17.7 Å². The van der Waals surface area contributed by atoms with Gasteiger partial charge in [0.15, 0.2) is 0 Å². The van der Waals surface area contributed by atoms with Crippen LogP contribution in [0.4, 0.5) is 0 Å². The smallest absolute Gasteiger partial charge is 0.307 e. The third-order valence-electron chi connectivity index (χ3n) is 2.71. The monoisotopic (exact) mass is 235 g/mol. The van der Waals surface area contributed by atoms with Gasteiger partial charge in [-0.3, -0.25) is 4.79 Å². The van der Waals surface area contributed by atoms with Gasteiger partial charge >= 0.3 is 5.97 Å². The van der Waals surface area contributed by atoms with Crippen molar-refractivity contribution in [2.45, 2.75) is 38.1 Å². The van der Waals surface area contributed by atoms with Crippen LogP contribution in [0.3, 0.4) is 0 Å². The molecule has 0 bridgehead atoms. The van der Waals surface area contributed by atoms with Crippen molar-refractivity contribution in [2.24, 2.45) is 5.92 Å². The molecule has 0 saturated heterocycles. The van der Waals surface area contributed by atoms with E-state index >= 15 is 0 Å². The molecule has 0 aromatic carbocycles. The number of rotatable bonds is 7. The number of hydrogen-bond acceptors (Lipinski definition) is 4. The molecule has 4 nitrogen and oxygen atoms in total. The van der Waals surface area contributed by atoms with Gasteiger partial charge in [0.1, 0.15) is 0 Å². The standard InChI is InChI=1S/C10H21NO3S/c1-6(10(13)14)7(2)11-8(3)9(5-12)15-4/h6-9,11-12H,5H2,1-4H3,(H,13,14). The maximum Gasteiger partial charge on any atom is 0.307 e. The Bertz CT molecular complexity index is 197. The van der Waals surface area contributed by atoms with E-state index in [2.05, 4.69) is 5.32 Å². The number of hydrogen-bond donors (Lipinski definition) is 3. The van der Waals surface area contributed by atoms with Crippen molar-refractivity contribution in [1.82, 2.24) is 5.32 Å². The molecule has 4 unspecified atom stereocenters. The van der Waals surface area contributed by atoms with Crippen LogP contribution in [-0.2, 0) is 4.79 Å². The minimum absolute atomic E-state index is 0.0984. The van der Waals surface area contributed by atoms with E-state index in [4.69, 9.17) is 10.2 Å². The summed E-state index contributed by atoms with van der Waals surface area (Å²) in [7, 11) is 0. The summed E-state index contributed by atoms with van der Waals surface area (Å²) in [5.41, 5.74) is 0. The van der Waals surface area contributed by atoms with Crippen LogP contribution in [0.1, 0.15) is 20.8 Å². The van der Waals surface area contributed by atoms with E-state index in [1.165, 1.54) is 0 Å². The summed E-state index contributed by atoms with van der Waals surface area (Å²) < 4.78 is 0. The van der Waals surface area contributed by atoms with Gasteiger partial charge in [-0.05, 0) is 20.1 Å². The molecule has 0 aromatic rings. The van der Waals surface area contributed by atoms with E-state index in [1.54, 1.807) is 18.7 Å². The van der Waals surface area contributed by atoms with Gasteiger partial charge in [0, 0.05) is 17.3 Å². The SMILES string of the molecule is CSC(CO)C(C)NC(C)C(C)C(=O)O. The first kappa shape index (κ1) is 14.7. The molecule has 0 amide bonds. The second kappa shape index (κ2) is 7.09. The Balaban J connectivity index is 4.15. The lowest BCUT2D eigenvalue weighted by atomic mass is 10.0. The molecule has 15 heavy (non-hydrogen) atoms. The van der Waals surface area contributed by atoms with Crippen molar-refractivity contribution in [1.29, 1.82) is 0 Å². The zero-order chi connectivity index (χ0) is 12.0. The number of aliphatic hydroxyl groups is 1. The molecule has 0 aliphatic rings. The topological polar surface area (TPSA) is 69.6 Å². The molecule has 0 aliphatic heterocycles. The van der Waals surface area contributed by atoms with Crippen molar-refractivity contribution < 1.29 is 15.0 Å². The van der Waals surface area contributed by atoms with Gasteiger partial charge in [0.2, 0.25) is 0 Å². The molecule has 0 spiro atoms. The third-order valence-corrected chi connectivity index (χ3v) is 3.87. The van der Waals surface area contributed by atoms with Gasteiger partial charge in [-0.25, -0.2) is 0 Å². The molecule has 4 atom stereocenters. The number of carboxylic acids is 1. The predicted octanol–water partition coefficient (Wildman–Crippen LogP) is 0.798. The molecule has 0 aliphatic carbocycles. The van der Waals surface area contributed by atoms with Crippen molar-refractivity contribution in [3.8, 4) is 0 Å². The van der Waals surface area contributed by atoms with Crippen LogP contribution in [-0.4, -0.2) is 46.4 Å². The summed E-state index contributed by atoms with van der Waals surface area (Å²) in [4.78, 5) is 10.7. The lowest BCUT2D eigenvalue weighted by Gasteiger charge is -2.27. The first-order valence-corrected chi connectivity index (χ1v) is 6.35. The first-order chi connectivity index (χ1) is 6.93. The van der Waals surface area contributed by atoms with Crippen molar-refractivity contribution in [3.05, 3.63) is 0 Å². The third kappa shape index (κ3) is 4.86. The van der Waals surface area contributed by atoms with Crippen LogP contribution in [0.25, 0.3) is 0 Å². The van der Waals surface area contributed by atoms with Crippen molar-refractivity contribution in [3.63, 3.8) is 0 Å². The van der Waals surface area contributed by atoms with Crippen LogP contribution in [0.2, 0.25) is 0 Å². The molecule has 90 valence electrons. The van der Waals surface area contributed by atoms with E-state index in [1.807, 2.05) is 20.1 Å². The minimum atomic E-state index is -0.799. The Morgan fingerprint density at radius 1 is 1.33 bits per heavy atom. The van der Waals surface area contributed by atoms with Gasteiger partial charge < -0.3 is 15.5 Å². The number of thioether (sulfide) groups is 1. The highest BCUT2D eigenvalue weighted by atomic mass is 32.2. The maximum absolute atomic E-state index is 10.7. The van der Waals surface area contributed by atoms with E-state index in [0.717, 1.165) is 0 Å². The molecular weight excluding hydrogens is 214 g/mol. The molecule has 0 radical (unpaired) electrons. The minimum Gasteiger partial charge on any atom is -0.481 e. The van der Waals surface area contributed by atoms with Crippen LogP contribution in [0.5, 0.6) is 0 Å². The number of nitrogens with one attached hydrogen (secondary N) is 1. The fourth-order valence-electron chi connectivity index (χ4n) is 1.32. The van der Waals surface area contributed by atoms with Crippen LogP contribution in [0.15, 0.2) is 0 Å². The van der Waals surface area contributed by atoms with Crippen LogP contribution in [0, 0.1) is 5.92 Å². The Hall–Kier alpha value is -0.260. The first-order valence-electron chi connectivity index (χ1n) is 5.06. The van der Waals surface area contributed by atoms with Gasteiger partial charge in [0.05, 0.1) is 12.5 Å². The highest BCUT2D eigenvalue weighted by molar-refractivity contribution is 7.99. The Morgan fingerprint density at radius 2 is 1.87 bits per heavy atom. The maximum atomic E-state index is 10.7. The molecule has 0 rings (SSSR count). The normalized spacial score (nSPS) is 19.3. The molecule has 3 N–H and O–H groups in total. The predicted molar refractivity (Wildman–Crippen MR) is 63.2 cm³/mol. The molecule has 0 heterocycles. The fraction of sp³-hybridized carbons (Fsp3) is 0.900. The quantitative estimate of drug-likeness (QED) is 0.609. The van der Waals surface area contributed by atoms with Gasteiger partial charge in [-0.15, -0.1) is 0 Å². The van der Waals surface area contributed by atoms with Crippen molar-refractivity contribution in [2.75, 3.05) is 12.9 Å². The number of carboxylic acid groups (broad SMARTS) is 1. The number of aliphatic carboxylic acids is 1. The zero-order valence-electron chi connectivity index (χ0n) is 9.73. The molecule has 0 saturated carbocycles. The van der Waals surface area contributed by atoms with Gasteiger partial charge in [-0.2, -0.15) is 11.8 Å². The largest absolute Gasteiger partial charge is 0.481 e. The Labute approximate surface area is 95.4 Å². The second-order valence-electron chi connectivity index (χ2n) is 3.83. The van der Waals surface area contributed by atoms with Crippen LogP contribution < -0.4 is 5.32 Å². The molecule has 0 aromatic heterocycles. The average molecular weight is 235 g/mol. The molecule has 5 heteroatoms. The summed E-state index contributed by atoms with van der Waals surface area (Å²) >= 11 is 1.58. The van der Waals surface area contributed by atoms with E-state index in [0.29, 0.717) is 0 Å². The molecular formula is C10H21NO3S. The number of carbonyl (C=O) groups is 1. The van der Waals surface area contributed by atoms with E-state index in [9.17, 15) is 4.79 Å². The van der Waals surface area contributed by atoms with Crippen LogP contribution >= 0.6 is 11.8 Å². The van der Waals surface area contributed by atoms with E-state index < -0.39 is 11.9 Å². The highest BCUT2D eigenvalue weighted by Crippen LogP contribution is 2.12.